The molecule has 0 saturated carbocycles. The molecule has 1 amide bonds. The summed E-state index contributed by atoms with van der Waals surface area (Å²) in [5.74, 6) is -0.879. The summed E-state index contributed by atoms with van der Waals surface area (Å²) in [5.41, 5.74) is 1.65. The highest BCUT2D eigenvalue weighted by Crippen LogP contribution is 2.19. The maximum atomic E-state index is 13.1. The number of aryl methyl sites for hydroxylation is 1. The predicted octanol–water partition coefficient (Wildman–Crippen LogP) is 2.42. The minimum atomic E-state index is -3.84. The fourth-order valence-electron chi connectivity index (χ4n) is 2.71. The molecule has 0 aliphatic heterocycles. The van der Waals surface area contributed by atoms with E-state index in [9.17, 15) is 17.6 Å². The number of allylic oxidation sites excluding steroid dienone is 1. The van der Waals surface area contributed by atoms with Crippen molar-refractivity contribution in [3.05, 3.63) is 41.2 Å². The normalized spacial score (nSPS) is 15.0. The molecule has 0 spiro atoms. The maximum absolute atomic E-state index is 13.1. The van der Waals surface area contributed by atoms with E-state index in [-0.39, 0.29) is 17.3 Å². The second-order valence-electron chi connectivity index (χ2n) is 5.94. The van der Waals surface area contributed by atoms with Crippen LogP contribution in [0, 0.1) is 12.7 Å². The molecule has 0 aromatic heterocycles. The van der Waals surface area contributed by atoms with Gasteiger partial charge in [-0.15, -0.1) is 0 Å². The molecule has 24 heavy (non-hydrogen) atoms. The van der Waals surface area contributed by atoms with Crippen molar-refractivity contribution < 1.29 is 17.6 Å². The van der Waals surface area contributed by atoms with Crippen LogP contribution in [0.15, 0.2) is 34.7 Å². The van der Waals surface area contributed by atoms with Gasteiger partial charge < -0.3 is 5.32 Å². The largest absolute Gasteiger partial charge is 0.355 e. The summed E-state index contributed by atoms with van der Waals surface area (Å²) in [4.78, 5) is 11.8. The van der Waals surface area contributed by atoms with E-state index in [1.54, 1.807) is 0 Å². The molecule has 0 bridgehead atoms. The molecule has 1 aliphatic carbocycles. The average molecular weight is 354 g/mol. The summed E-state index contributed by atoms with van der Waals surface area (Å²) in [7, 11) is -3.84. The lowest BCUT2D eigenvalue weighted by Gasteiger charge is -2.13. The molecule has 2 N–H and O–H groups in total. The fourth-order valence-corrected chi connectivity index (χ4v) is 3.92. The van der Waals surface area contributed by atoms with Gasteiger partial charge in [0.2, 0.25) is 15.9 Å². The van der Waals surface area contributed by atoms with E-state index in [2.05, 4.69) is 16.1 Å². The van der Waals surface area contributed by atoms with Crippen molar-refractivity contribution >= 4 is 15.9 Å². The molecule has 132 valence electrons. The van der Waals surface area contributed by atoms with Crippen molar-refractivity contribution in [2.24, 2.45) is 0 Å². The van der Waals surface area contributed by atoms with Gasteiger partial charge in [0, 0.05) is 6.54 Å². The van der Waals surface area contributed by atoms with Crippen LogP contribution in [0.1, 0.15) is 37.7 Å². The Morgan fingerprint density at radius 2 is 2.08 bits per heavy atom. The summed E-state index contributed by atoms with van der Waals surface area (Å²) in [6, 6.07) is 3.42. The molecule has 0 heterocycles. The molecule has 7 heteroatoms. The molecule has 5 nitrogen and oxygen atoms in total. The number of hydrogen-bond acceptors (Lipinski definition) is 3. The predicted molar refractivity (Wildman–Crippen MR) is 90.5 cm³/mol. The molecule has 0 atom stereocenters. The lowest BCUT2D eigenvalue weighted by atomic mass is 9.97. The standard InChI is InChI=1S/C17H23FN2O3S/c1-13-11-15(18)7-8-16(13)24(22,23)20-12-17(21)19-10-9-14-5-3-2-4-6-14/h5,7-8,11,20H,2-4,6,9-10,12H2,1H3,(H,19,21). The first-order valence-corrected chi connectivity index (χ1v) is 9.57. The van der Waals surface area contributed by atoms with Gasteiger partial charge in [0.25, 0.3) is 0 Å². The Labute approximate surface area is 142 Å². The second kappa shape index (κ2) is 8.39. The SMILES string of the molecule is Cc1cc(F)ccc1S(=O)(=O)NCC(=O)NCCC1=CCCCC1. The van der Waals surface area contributed by atoms with Crippen LogP contribution in [-0.2, 0) is 14.8 Å². The molecule has 1 aromatic carbocycles. The van der Waals surface area contributed by atoms with E-state index in [4.69, 9.17) is 0 Å². The third-order valence-electron chi connectivity index (χ3n) is 4.00. The lowest BCUT2D eigenvalue weighted by Crippen LogP contribution is -2.37. The van der Waals surface area contributed by atoms with Crippen LogP contribution >= 0.6 is 0 Å². The van der Waals surface area contributed by atoms with Crippen LogP contribution in [0.2, 0.25) is 0 Å². The zero-order chi connectivity index (χ0) is 17.6. The quantitative estimate of drug-likeness (QED) is 0.739. The number of hydrogen-bond donors (Lipinski definition) is 2. The number of carbonyl (C=O) groups excluding carboxylic acids is 1. The molecule has 1 aromatic rings. The summed E-state index contributed by atoms with van der Waals surface area (Å²) in [6.07, 6.45) is 7.61. The van der Waals surface area contributed by atoms with Gasteiger partial charge in [0.05, 0.1) is 11.4 Å². The van der Waals surface area contributed by atoms with Crippen LogP contribution in [0.5, 0.6) is 0 Å². The molecule has 1 aliphatic rings. The van der Waals surface area contributed by atoms with Crippen LogP contribution in [0.25, 0.3) is 0 Å². The number of benzene rings is 1. The Kier molecular flexibility index (Phi) is 6.51. The molecule has 0 fully saturated rings. The fraction of sp³-hybridized carbons (Fsp3) is 0.471. The summed E-state index contributed by atoms with van der Waals surface area (Å²) < 4.78 is 39.6. The Morgan fingerprint density at radius 1 is 1.29 bits per heavy atom. The summed E-state index contributed by atoms with van der Waals surface area (Å²) in [5, 5.41) is 2.71. The number of amides is 1. The topological polar surface area (TPSA) is 75.3 Å². The Morgan fingerprint density at radius 3 is 2.75 bits per heavy atom. The maximum Gasteiger partial charge on any atom is 0.241 e. The molecule has 0 unspecified atom stereocenters. The van der Waals surface area contributed by atoms with Gasteiger partial charge >= 0.3 is 0 Å². The van der Waals surface area contributed by atoms with Crippen LogP contribution in [0.3, 0.4) is 0 Å². The van der Waals surface area contributed by atoms with Crippen molar-refractivity contribution in [3.63, 3.8) is 0 Å². The Bertz CT molecular complexity index is 729. The molecular weight excluding hydrogens is 331 g/mol. The van der Waals surface area contributed by atoms with Crippen molar-refractivity contribution in [1.29, 1.82) is 0 Å². The molecular formula is C17H23FN2O3S. The highest BCUT2D eigenvalue weighted by atomic mass is 32.2. The number of carbonyl (C=O) groups is 1. The van der Waals surface area contributed by atoms with Gasteiger partial charge in [-0.05, 0) is 62.8 Å². The number of halogens is 1. The van der Waals surface area contributed by atoms with Crippen molar-refractivity contribution in [2.75, 3.05) is 13.1 Å². The minimum absolute atomic E-state index is 0.0240. The van der Waals surface area contributed by atoms with E-state index in [1.165, 1.54) is 31.4 Å². The van der Waals surface area contributed by atoms with Gasteiger partial charge in [-0.2, -0.15) is 0 Å². The average Bonchev–Trinajstić information content (AvgIpc) is 2.54. The molecule has 2 rings (SSSR count). The van der Waals surface area contributed by atoms with Gasteiger partial charge in [0.1, 0.15) is 5.82 Å². The smallest absolute Gasteiger partial charge is 0.241 e. The minimum Gasteiger partial charge on any atom is -0.355 e. The molecule has 0 radical (unpaired) electrons. The number of rotatable bonds is 7. The van der Waals surface area contributed by atoms with E-state index in [0.29, 0.717) is 12.1 Å². The first-order valence-electron chi connectivity index (χ1n) is 8.09. The van der Waals surface area contributed by atoms with Gasteiger partial charge in [0.15, 0.2) is 0 Å². The first-order chi connectivity index (χ1) is 11.4. The van der Waals surface area contributed by atoms with E-state index in [0.717, 1.165) is 31.4 Å². The first kappa shape index (κ1) is 18.6. The lowest BCUT2D eigenvalue weighted by molar-refractivity contribution is -0.119. The van der Waals surface area contributed by atoms with Crippen LogP contribution < -0.4 is 10.0 Å². The van der Waals surface area contributed by atoms with Gasteiger partial charge in [-0.3, -0.25) is 4.79 Å². The van der Waals surface area contributed by atoms with Crippen molar-refractivity contribution in [3.8, 4) is 0 Å². The third-order valence-corrected chi connectivity index (χ3v) is 5.56. The third kappa shape index (κ3) is 5.42. The Hall–Kier alpha value is -1.73. The van der Waals surface area contributed by atoms with Gasteiger partial charge in [-0.25, -0.2) is 17.5 Å². The number of nitrogens with one attached hydrogen (secondary N) is 2. The Balaban J connectivity index is 1.80. The van der Waals surface area contributed by atoms with E-state index < -0.39 is 15.8 Å². The van der Waals surface area contributed by atoms with Crippen molar-refractivity contribution in [1.82, 2.24) is 10.0 Å². The van der Waals surface area contributed by atoms with E-state index in [1.807, 2.05) is 0 Å². The summed E-state index contributed by atoms with van der Waals surface area (Å²) >= 11 is 0. The van der Waals surface area contributed by atoms with Crippen molar-refractivity contribution in [2.45, 2.75) is 43.9 Å². The number of sulfonamides is 1. The molecule has 0 saturated heterocycles. The van der Waals surface area contributed by atoms with Gasteiger partial charge in [-0.1, -0.05) is 11.6 Å². The van der Waals surface area contributed by atoms with Crippen LogP contribution in [0.4, 0.5) is 4.39 Å². The monoisotopic (exact) mass is 354 g/mol. The highest BCUT2D eigenvalue weighted by Gasteiger charge is 2.18. The highest BCUT2D eigenvalue weighted by molar-refractivity contribution is 7.89. The summed E-state index contributed by atoms with van der Waals surface area (Å²) in [6.45, 7) is 1.68. The van der Waals surface area contributed by atoms with Crippen LogP contribution in [-0.4, -0.2) is 27.4 Å². The zero-order valence-electron chi connectivity index (χ0n) is 13.8. The second-order valence-corrected chi connectivity index (χ2v) is 7.68. The zero-order valence-corrected chi connectivity index (χ0v) is 14.6. The van der Waals surface area contributed by atoms with E-state index >= 15 is 0 Å².